The average molecular weight is 450 g/mol. The molecule has 0 spiro atoms. The Labute approximate surface area is 180 Å². The first-order chi connectivity index (χ1) is 14.8. The molecule has 3 rings (SSSR count). The van der Waals surface area contributed by atoms with E-state index >= 15 is 0 Å². The first-order valence-corrected chi connectivity index (χ1v) is 11.2. The van der Waals surface area contributed by atoms with E-state index in [-0.39, 0.29) is 23.3 Å². The van der Waals surface area contributed by atoms with Gasteiger partial charge in [-0.05, 0) is 54.8 Å². The fraction of sp³-hybridized carbons (Fsp3) is 0.238. The number of halogens is 2. The van der Waals surface area contributed by atoms with E-state index in [1.165, 1.54) is 24.3 Å². The van der Waals surface area contributed by atoms with E-state index in [4.69, 9.17) is 5.14 Å². The summed E-state index contributed by atoms with van der Waals surface area (Å²) in [5.74, 6) is -0.543. The smallest absolute Gasteiger partial charge is 0.238 e. The van der Waals surface area contributed by atoms with Gasteiger partial charge in [0.25, 0.3) is 0 Å². The van der Waals surface area contributed by atoms with Crippen LogP contribution in [0.25, 0.3) is 0 Å². The molecule has 0 saturated heterocycles. The molecule has 0 atom stereocenters. The standard InChI is InChI=1S/C19H19F2N5O2S.C2H6/c20-11-1-2-13-3-5-14(6-4-13)24-18-17(21)12-23-19(26-18)25-15-7-9-16(10-8-15)29(22,27)28;1-2/h3-10,12H,1-2,11H2,(H2,22,27,28)(H2,23,24,25,26);1-2H3. The summed E-state index contributed by atoms with van der Waals surface area (Å²) in [5.41, 5.74) is 2.11. The number of benzene rings is 2. The van der Waals surface area contributed by atoms with Gasteiger partial charge in [0, 0.05) is 11.4 Å². The number of hydrogen-bond donors (Lipinski definition) is 3. The summed E-state index contributed by atoms with van der Waals surface area (Å²) < 4.78 is 48.9. The van der Waals surface area contributed by atoms with Gasteiger partial charge >= 0.3 is 0 Å². The Morgan fingerprint density at radius 3 is 2.13 bits per heavy atom. The summed E-state index contributed by atoms with van der Waals surface area (Å²) >= 11 is 0. The Balaban J connectivity index is 0.00000166. The number of aryl methyl sites for hydroxylation is 1. The van der Waals surface area contributed by atoms with Crippen LogP contribution < -0.4 is 15.8 Å². The van der Waals surface area contributed by atoms with E-state index in [0.717, 1.165) is 11.8 Å². The lowest BCUT2D eigenvalue weighted by molar-refractivity contribution is 0.473. The zero-order valence-corrected chi connectivity index (χ0v) is 18.1. The monoisotopic (exact) mass is 449 g/mol. The SMILES string of the molecule is CC.NS(=O)(=O)c1ccc(Nc2ncc(F)c(Nc3ccc(CCCF)cc3)n2)cc1. The lowest BCUT2D eigenvalue weighted by Gasteiger charge is -2.10. The topological polar surface area (TPSA) is 110 Å². The van der Waals surface area contributed by atoms with Crippen LogP contribution in [0.5, 0.6) is 0 Å². The second kappa shape index (κ2) is 11.3. The van der Waals surface area contributed by atoms with E-state index in [0.29, 0.717) is 24.2 Å². The molecule has 1 heterocycles. The number of nitrogens with zero attached hydrogens (tertiary/aromatic N) is 2. The van der Waals surface area contributed by atoms with Gasteiger partial charge in [-0.2, -0.15) is 4.98 Å². The lowest BCUT2D eigenvalue weighted by atomic mass is 10.1. The summed E-state index contributed by atoms with van der Waals surface area (Å²) in [6.07, 6.45) is 2.11. The molecule has 7 nitrogen and oxygen atoms in total. The number of nitrogens with one attached hydrogen (secondary N) is 2. The maximum Gasteiger partial charge on any atom is 0.238 e. The molecule has 0 aliphatic rings. The molecule has 3 aromatic rings. The van der Waals surface area contributed by atoms with Crippen LogP contribution in [0, 0.1) is 5.82 Å². The van der Waals surface area contributed by atoms with Crippen molar-refractivity contribution < 1.29 is 17.2 Å². The molecule has 4 N–H and O–H groups in total. The maximum absolute atomic E-state index is 14.1. The number of nitrogens with two attached hydrogens (primary N) is 1. The molecule has 31 heavy (non-hydrogen) atoms. The normalized spacial score (nSPS) is 10.7. The van der Waals surface area contributed by atoms with Crippen molar-refractivity contribution in [3.05, 3.63) is 66.1 Å². The molecule has 0 saturated carbocycles. The van der Waals surface area contributed by atoms with Crippen molar-refractivity contribution in [3.63, 3.8) is 0 Å². The predicted molar refractivity (Wildman–Crippen MR) is 118 cm³/mol. The zero-order valence-electron chi connectivity index (χ0n) is 17.3. The van der Waals surface area contributed by atoms with Crippen molar-refractivity contribution in [3.8, 4) is 0 Å². The Bertz CT molecular complexity index is 1080. The number of alkyl halides is 1. The number of sulfonamides is 1. The van der Waals surface area contributed by atoms with Gasteiger partial charge in [0.05, 0.1) is 17.8 Å². The molecular formula is C21H25F2N5O2S. The zero-order chi connectivity index (χ0) is 22.9. The van der Waals surface area contributed by atoms with Crippen LogP contribution in [0.3, 0.4) is 0 Å². The molecule has 166 valence electrons. The first kappa shape index (κ1) is 24.2. The van der Waals surface area contributed by atoms with Crippen molar-refractivity contribution in [1.29, 1.82) is 0 Å². The summed E-state index contributed by atoms with van der Waals surface area (Å²) in [6.45, 7) is 3.63. The minimum atomic E-state index is -3.79. The Hall–Kier alpha value is -3.11. The predicted octanol–water partition coefficient (Wildman–Crippen LogP) is 4.68. The molecule has 10 heteroatoms. The number of aromatic nitrogens is 2. The number of primary sulfonamides is 1. The van der Waals surface area contributed by atoms with Crippen molar-refractivity contribution in [1.82, 2.24) is 9.97 Å². The Morgan fingerprint density at radius 1 is 0.968 bits per heavy atom. The quantitative estimate of drug-likeness (QED) is 0.461. The molecule has 1 aromatic heterocycles. The van der Waals surface area contributed by atoms with Gasteiger partial charge in [0.1, 0.15) is 0 Å². The van der Waals surface area contributed by atoms with Crippen LogP contribution in [0.1, 0.15) is 25.8 Å². The highest BCUT2D eigenvalue weighted by Crippen LogP contribution is 2.21. The fourth-order valence-electron chi connectivity index (χ4n) is 2.53. The van der Waals surface area contributed by atoms with Gasteiger partial charge in [0.15, 0.2) is 11.6 Å². The van der Waals surface area contributed by atoms with Crippen molar-refractivity contribution in [2.24, 2.45) is 5.14 Å². The second-order valence-corrected chi connectivity index (χ2v) is 7.76. The van der Waals surface area contributed by atoms with E-state index < -0.39 is 15.8 Å². The summed E-state index contributed by atoms with van der Waals surface area (Å²) in [7, 11) is -3.79. The molecular weight excluding hydrogens is 424 g/mol. The molecule has 2 aromatic carbocycles. The molecule has 0 bridgehead atoms. The van der Waals surface area contributed by atoms with Gasteiger partial charge in [-0.3, -0.25) is 4.39 Å². The lowest BCUT2D eigenvalue weighted by Crippen LogP contribution is -2.11. The highest BCUT2D eigenvalue weighted by molar-refractivity contribution is 7.89. The Kier molecular flexibility index (Phi) is 8.83. The van der Waals surface area contributed by atoms with Crippen molar-refractivity contribution in [2.45, 2.75) is 31.6 Å². The molecule has 0 aliphatic carbocycles. The minimum absolute atomic E-state index is 0.0274. The molecule has 0 unspecified atom stereocenters. The fourth-order valence-corrected chi connectivity index (χ4v) is 3.05. The third-order valence-corrected chi connectivity index (χ3v) is 4.93. The van der Waals surface area contributed by atoms with Crippen LogP contribution in [-0.2, 0) is 16.4 Å². The maximum atomic E-state index is 14.1. The van der Waals surface area contributed by atoms with Crippen LogP contribution in [-0.4, -0.2) is 25.1 Å². The number of hydrogen-bond acceptors (Lipinski definition) is 6. The molecule has 0 radical (unpaired) electrons. The van der Waals surface area contributed by atoms with E-state index in [9.17, 15) is 17.2 Å². The van der Waals surface area contributed by atoms with Crippen LogP contribution in [0.4, 0.5) is 31.9 Å². The molecule has 0 aliphatic heterocycles. The highest BCUT2D eigenvalue weighted by Gasteiger charge is 2.10. The van der Waals surface area contributed by atoms with Gasteiger partial charge in [-0.15, -0.1) is 0 Å². The highest BCUT2D eigenvalue weighted by atomic mass is 32.2. The van der Waals surface area contributed by atoms with Gasteiger partial charge in [-0.25, -0.2) is 22.9 Å². The van der Waals surface area contributed by atoms with Crippen molar-refractivity contribution in [2.75, 3.05) is 17.3 Å². The summed E-state index contributed by atoms with van der Waals surface area (Å²) in [4.78, 5) is 7.96. The first-order valence-electron chi connectivity index (χ1n) is 9.69. The third kappa shape index (κ3) is 7.26. The Morgan fingerprint density at radius 2 is 1.55 bits per heavy atom. The van der Waals surface area contributed by atoms with Gasteiger partial charge < -0.3 is 10.6 Å². The van der Waals surface area contributed by atoms with E-state index in [1.54, 1.807) is 12.1 Å². The molecule has 0 amide bonds. The summed E-state index contributed by atoms with van der Waals surface area (Å²) in [6, 6.07) is 12.9. The van der Waals surface area contributed by atoms with E-state index in [2.05, 4.69) is 20.6 Å². The summed E-state index contributed by atoms with van der Waals surface area (Å²) in [5, 5.41) is 10.8. The van der Waals surface area contributed by atoms with Gasteiger partial charge in [0.2, 0.25) is 16.0 Å². The number of anilines is 4. The number of rotatable bonds is 8. The van der Waals surface area contributed by atoms with E-state index in [1.807, 2.05) is 26.0 Å². The molecule has 0 fully saturated rings. The van der Waals surface area contributed by atoms with Crippen LogP contribution >= 0.6 is 0 Å². The largest absolute Gasteiger partial charge is 0.338 e. The van der Waals surface area contributed by atoms with Crippen LogP contribution in [0.2, 0.25) is 0 Å². The van der Waals surface area contributed by atoms with Crippen molar-refractivity contribution >= 4 is 33.2 Å². The average Bonchev–Trinajstić information content (AvgIpc) is 2.77. The van der Waals surface area contributed by atoms with Gasteiger partial charge in [-0.1, -0.05) is 26.0 Å². The second-order valence-electron chi connectivity index (χ2n) is 6.20. The third-order valence-electron chi connectivity index (χ3n) is 4.00. The van der Waals surface area contributed by atoms with Crippen LogP contribution in [0.15, 0.2) is 59.6 Å². The minimum Gasteiger partial charge on any atom is -0.338 e.